The van der Waals surface area contributed by atoms with E-state index in [9.17, 15) is 4.79 Å². The lowest BCUT2D eigenvalue weighted by Gasteiger charge is -2.00. The first-order valence-corrected chi connectivity index (χ1v) is 5.91. The number of fused-ring (bicyclic) bond motifs is 1. The van der Waals surface area contributed by atoms with Crippen molar-refractivity contribution in [2.24, 2.45) is 0 Å². The second kappa shape index (κ2) is 4.99. The zero-order valence-electron chi connectivity index (χ0n) is 10.2. The van der Waals surface area contributed by atoms with Gasteiger partial charge in [-0.1, -0.05) is 13.0 Å². The average molecular weight is 231 g/mol. The summed E-state index contributed by atoms with van der Waals surface area (Å²) in [5, 5.41) is 2.84. The number of rotatable bonds is 4. The van der Waals surface area contributed by atoms with Gasteiger partial charge in [-0.05, 0) is 31.0 Å². The van der Waals surface area contributed by atoms with E-state index in [4.69, 9.17) is 0 Å². The Morgan fingerprint density at radius 3 is 3.06 bits per heavy atom. The van der Waals surface area contributed by atoms with E-state index in [2.05, 4.69) is 21.4 Å². The number of aromatic nitrogens is 2. The molecule has 0 aliphatic heterocycles. The highest BCUT2D eigenvalue weighted by Crippen LogP contribution is 2.12. The first-order chi connectivity index (χ1) is 8.19. The second-order valence-corrected chi connectivity index (χ2v) is 4.23. The molecule has 4 nitrogen and oxygen atoms in total. The smallest absolute Gasteiger partial charge is 0.220 e. The largest absolute Gasteiger partial charge is 0.349 e. The summed E-state index contributed by atoms with van der Waals surface area (Å²) < 4.78 is 0. The Balaban J connectivity index is 2.07. The van der Waals surface area contributed by atoms with Crippen molar-refractivity contribution in [1.29, 1.82) is 0 Å². The number of carbonyl (C=O) groups excluding carboxylic acids is 1. The van der Waals surface area contributed by atoms with E-state index >= 15 is 0 Å². The van der Waals surface area contributed by atoms with Gasteiger partial charge in [-0.25, -0.2) is 4.98 Å². The molecule has 17 heavy (non-hydrogen) atoms. The highest BCUT2D eigenvalue weighted by molar-refractivity contribution is 5.77. The Morgan fingerprint density at radius 2 is 2.29 bits per heavy atom. The van der Waals surface area contributed by atoms with Gasteiger partial charge in [0.15, 0.2) is 0 Å². The van der Waals surface area contributed by atoms with Crippen LogP contribution in [-0.2, 0) is 11.3 Å². The predicted octanol–water partition coefficient (Wildman–Crippen LogP) is 2.29. The molecule has 4 heteroatoms. The highest BCUT2D eigenvalue weighted by atomic mass is 16.1. The van der Waals surface area contributed by atoms with E-state index in [0.717, 1.165) is 23.3 Å². The Bertz CT molecular complexity index is 530. The number of carbonyl (C=O) groups is 1. The maximum Gasteiger partial charge on any atom is 0.220 e. The van der Waals surface area contributed by atoms with Crippen molar-refractivity contribution in [2.75, 3.05) is 0 Å². The molecular weight excluding hydrogens is 214 g/mol. The Labute approximate surface area is 100 Å². The molecule has 0 unspecified atom stereocenters. The van der Waals surface area contributed by atoms with E-state index in [1.807, 2.05) is 26.0 Å². The average Bonchev–Trinajstić information content (AvgIpc) is 2.68. The molecule has 2 N–H and O–H groups in total. The van der Waals surface area contributed by atoms with Crippen LogP contribution in [0.25, 0.3) is 11.0 Å². The molecule has 2 rings (SSSR count). The summed E-state index contributed by atoms with van der Waals surface area (Å²) in [4.78, 5) is 19.0. The van der Waals surface area contributed by atoms with Crippen LogP contribution in [0.2, 0.25) is 0 Å². The van der Waals surface area contributed by atoms with Crippen LogP contribution in [0.4, 0.5) is 0 Å². The number of aromatic amines is 1. The molecule has 0 saturated carbocycles. The number of imidazole rings is 1. The fourth-order valence-electron chi connectivity index (χ4n) is 1.76. The van der Waals surface area contributed by atoms with E-state index in [0.29, 0.717) is 13.0 Å². The molecule has 0 spiro atoms. The lowest BCUT2D eigenvalue weighted by atomic mass is 10.2. The van der Waals surface area contributed by atoms with E-state index in [-0.39, 0.29) is 5.91 Å². The Morgan fingerprint density at radius 1 is 1.47 bits per heavy atom. The van der Waals surface area contributed by atoms with Crippen LogP contribution in [0.1, 0.15) is 31.2 Å². The number of hydrogen-bond acceptors (Lipinski definition) is 2. The SMILES string of the molecule is CCCC(=O)NCc1nc2ccc(C)cc2[nH]1. The van der Waals surface area contributed by atoms with Crippen molar-refractivity contribution in [1.82, 2.24) is 15.3 Å². The molecule has 0 aliphatic rings. The van der Waals surface area contributed by atoms with E-state index in [1.165, 1.54) is 5.56 Å². The standard InChI is InChI=1S/C13H17N3O/c1-3-4-13(17)14-8-12-15-10-6-5-9(2)7-11(10)16-12/h5-7H,3-4,8H2,1-2H3,(H,14,17)(H,15,16). The lowest BCUT2D eigenvalue weighted by Crippen LogP contribution is -2.22. The Hall–Kier alpha value is -1.84. The third kappa shape index (κ3) is 2.84. The number of benzene rings is 1. The molecular formula is C13H17N3O. The van der Waals surface area contributed by atoms with Crippen LogP contribution in [0.3, 0.4) is 0 Å². The summed E-state index contributed by atoms with van der Waals surface area (Å²) in [6, 6.07) is 6.07. The van der Waals surface area contributed by atoms with E-state index in [1.54, 1.807) is 0 Å². The molecule has 1 heterocycles. The van der Waals surface area contributed by atoms with Crippen molar-refractivity contribution in [3.8, 4) is 0 Å². The third-order valence-electron chi connectivity index (χ3n) is 2.62. The van der Waals surface area contributed by atoms with Gasteiger partial charge in [0.25, 0.3) is 0 Å². The van der Waals surface area contributed by atoms with Gasteiger partial charge in [-0.2, -0.15) is 0 Å². The Kier molecular flexibility index (Phi) is 3.42. The minimum absolute atomic E-state index is 0.0733. The topological polar surface area (TPSA) is 57.8 Å². The fraction of sp³-hybridized carbons (Fsp3) is 0.385. The molecule has 0 bridgehead atoms. The normalized spacial score (nSPS) is 10.7. The zero-order chi connectivity index (χ0) is 12.3. The fourth-order valence-corrected chi connectivity index (χ4v) is 1.76. The maximum atomic E-state index is 11.3. The molecule has 1 amide bonds. The highest BCUT2D eigenvalue weighted by Gasteiger charge is 2.04. The van der Waals surface area contributed by atoms with Gasteiger partial charge < -0.3 is 10.3 Å². The summed E-state index contributed by atoms with van der Waals surface area (Å²) >= 11 is 0. The van der Waals surface area contributed by atoms with Gasteiger partial charge in [-0.15, -0.1) is 0 Å². The van der Waals surface area contributed by atoms with Crippen molar-refractivity contribution in [3.05, 3.63) is 29.6 Å². The second-order valence-electron chi connectivity index (χ2n) is 4.23. The zero-order valence-corrected chi connectivity index (χ0v) is 10.2. The van der Waals surface area contributed by atoms with Crippen LogP contribution in [0.15, 0.2) is 18.2 Å². The molecule has 0 aliphatic carbocycles. The van der Waals surface area contributed by atoms with Crippen molar-refractivity contribution >= 4 is 16.9 Å². The number of H-pyrrole nitrogens is 1. The summed E-state index contributed by atoms with van der Waals surface area (Å²) in [5.74, 6) is 0.874. The van der Waals surface area contributed by atoms with Gasteiger partial charge in [-0.3, -0.25) is 4.79 Å². The summed E-state index contributed by atoms with van der Waals surface area (Å²) in [7, 11) is 0. The number of hydrogen-bond donors (Lipinski definition) is 2. The molecule has 1 aromatic carbocycles. The maximum absolute atomic E-state index is 11.3. The molecule has 0 atom stereocenters. The van der Waals surface area contributed by atoms with Crippen molar-refractivity contribution < 1.29 is 4.79 Å². The summed E-state index contributed by atoms with van der Waals surface area (Å²) in [6.07, 6.45) is 1.44. The van der Waals surface area contributed by atoms with Crippen LogP contribution < -0.4 is 5.32 Å². The lowest BCUT2D eigenvalue weighted by molar-refractivity contribution is -0.121. The summed E-state index contributed by atoms with van der Waals surface area (Å²) in [6.45, 7) is 4.50. The first kappa shape index (κ1) is 11.6. The predicted molar refractivity (Wildman–Crippen MR) is 67.6 cm³/mol. The first-order valence-electron chi connectivity index (χ1n) is 5.91. The van der Waals surface area contributed by atoms with E-state index < -0.39 is 0 Å². The van der Waals surface area contributed by atoms with Crippen LogP contribution in [0, 0.1) is 6.92 Å². The molecule has 0 fully saturated rings. The van der Waals surface area contributed by atoms with Gasteiger partial charge in [0, 0.05) is 6.42 Å². The van der Waals surface area contributed by atoms with Gasteiger partial charge in [0.05, 0.1) is 17.6 Å². The van der Waals surface area contributed by atoms with Crippen LogP contribution in [0.5, 0.6) is 0 Å². The molecule has 2 aromatic rings. The third-order valence-corrected chi connectivity index (χ3v) is 2.62. The quantitative estimate of drug-likeness (QED) is 0.848. The molecule has 0 saturated heterocycles. The van der Waals surface area contributed by atoms with Gasteiger partial charge in [0.2, 0.25) is 5.91 Å². The molecule has 0 radical (unpaired) electrons. The minimum atomic E-state index is 0.0733. The van der Waals surface area contributed by atoms with Gasteiger partial charge in [0.1, 0.15) is 5.82 Å². The molecule has 90 valence electrons. The van der Waals surface area contributed by atoms with Crippen LogP contribution in [-0.4, -0.2) is 15.9 Å². The summed E-state index contributed by atoms with van der Waals surface area (Å²) in [5.41, 5.74) is 3.16. The van der Waals surface area contributed by atoms with Crippen molar-refractivity contribution in [3.63, 3.8) is 0 Å². The number of nitrogens with one attached hydrogen (secondary N) is 2. The molecule has 1 aromatic heterocycles. The number of amides is 1. The van der Waals surface area contributed by atoms with Crippen molar-refractivity contribution in [2.45, 2.75) is 33.2 Å². The monoisotopic (exact) mass is 231 g/mol. The minimum Gasteiger partial charge on any atom is -0.349 e. The van der Waals surface area contributed by atoms with Gasteiger partial charge >= 0.3 is 0 Å². The van der Waals surface area contributed by atoms with Crippen LogP contribution >= 0.6 is 0 Å². The number of nitrogens with zero attached hydrogens (tertiary/aromatic N) is 1. The number of aryl methyl sites for hydroxylation is 1.